The summed E-state index contributed by atoms with van der Waals surface area (Å²) in [6.07, 6.45) is 3.00. The molecule has 0 fully saturated rings. The Kier molecular flexibility index (Phi) is 2.66. The van der Waals surface area contributed by atoms with Crippen molar-refractivity contribution in [3.63, 3.8) is 0 Å². The van der Waals surface area contributed by atoms with E-state index in [1.807, 2.05) is 30.3 Å². The van der Waals surface area contributed by atoms with Crippen LogP contribution in [0.2, 0.25) is 0 Å². The molecule has 0 aliphatic carbocycles. The number of benzene rings is 1. The Morgan fingerprint density at radius 2 is 1.67 bits per heavy atom. The van der Waals surface area contributed by atoms with E-state index in [1.54, 1.807) is 12.3 Å². The predicted octanol–water partition coefficient (Wildman–Crippen LogP) is 2.19. The highest BCUT2D eigenvalue weighted by atomic mass is 16.3. The molecule has 0 bridgehead atoms. The Hall–Kier alpha value is -2.27. The highest BCUT2D eigenvalue weighted by molar-refractivity contribution is 5.43. The number of aromatic hydroxyl groups is 1. The Labute approximate surface area is 88.2 Å². The van der Waals surface area contributed by atoms with Crippen molar-refractivity contribution in [2.24, 2.45) is 0 Å². The summed E-state index contributed by atoms with van der Waals surface area (Å²) < 4.78 is 0. The third-order valence-electron chi connectivity index (χ3n) is 1.85. The standard InChI is InChI=1S/C13H9NO/c15-13-8-12(9-14-10-13)7-6-11-4-2-1-3-5-11/h1-5,8-10,15H. The number of hydrogen-bond acceptors (Lipinski definition) is 2. The molecule has 0 aliphatic heterocycles. The summed E-state index contributed by atoms with van der Waals surface area (Å²) >= 11 is 0. The van der Waals surface area contributed by atoms with E-state index in [1.165, 1.54) is 6.20 Å². The largest absolute Gasteiger partial charge is 0.506 e. The molecule has 2 aromatic rings. The van der Waals surface area contributed by atoms with Gasteiger partial charge >= 0.3 is 0 Å². The summed E-state index contributed by atoms with van der Waals surface area (Å²) in [4.78, 5) is 3.84. The van der Waals surface area contributed by atoms with E-state index in [0.717, 1.165) is 5.56 Å². The molecule has 0 saturated carbocycles. The fourth-order valence-electron chi connectivity index (χ4n) is 1.16. The van der Waals surface area contributed by atoms with Gasteiger partial charge in [0, 0.05) is 17.3 Å². The van der Waals surface area contributed by atoms with Gasteiger partial charge in [-0.05, 0) is 18.2 Å². The first-order chi connectivity index (χ1) is 7.34. The maximum atomic E-state index is 9.18. The molecule has 0 unspecified atom stereocenters. The monoisotopic (exact) mass is 195 g/mol. The number of hydrogen-bond donors (Lipinski definition) is 1. The topological polar surface area (TPSA) is 33.1 Å². The summed E-state index contributed by atoms with van der Waals surface area (Å²) in [5, 5.41) is 9.18. The van der Waals surface area contributed by atoms with Crippen LogP contribution >= 0.6 is 0 Å². The van der Waals surface area contributed by atoms with Crippen molar-refractivity contribution in [1.29, 1.82) is 0 Å². The molecule has 2 rings (SSSR count). The molecule has 1 heterocycles. The fraction of sp³-hybridized carbons (Fsp3) is 0. The molecule has 0 radical (unpaired) electrons. The zero-order valence-electron chi connectivity index (χ0n) is 8.01. The van der Waals surface area contributed by atoms with Crippen LogP contribution in [0.15, 0.2) is 48.8 Å². The summed E-state index contributed by atoms with van der Waals surface area (Å²) in [5.41, 5.74) is 1.65. The van der Waals surface area contributed by atoms with Crippen LogP contribution in [-0.2, 0) is 0 Å². The lowest BCUT2D eigenvalue weighted by molar-refractivity contribution is 0.472. The average Bonchev–Trinajstić information content (AvgIpc) is 2.28. The molecule has 0 aliphatic rings. The SMILES string of the molecule is Oc1cncc(C#Cc2ccccc2)c1. The highest BCUT2D eigenvalue weighted by Crippen LogP contribution is 2.07. The first-order valence-corrected chi connectivity index (χ1v) is 4.56. The summed E-state index contributed by atoms with van der Waals surface area (Å²) in [7, 11) is 0. The molecule has 72 valence electrons. The lowest BCUT2D eigenvalue weighted by atomic mass is 10.2. The zero-order valence-corrected chi connectivity index (χ0v) is 8.01. The third-order valence-corrected chi connectivity index (χ3v) is 1.85. The van der Waals surface area contributed by atoms with E-state index in [0.29, 0.717) is 5.56 Å². The number of aromatic nitrogens is 1. The second-order valence-electron chi connectivity index (χ2n) is 3.05. The molecule has 1 aromatic carbocycles. The number of pyridine rings is 1. The summed E-state index contributed by atoms with van der Waals surface area (Å²) in [6.45, 7) is 0. The van der Waals surface area contributed by atoms with Crippen molar-refractivity contribution in [1.82, 2.24) is 4.98 Å². The van der Waals surface area contributed by atoms with Gasteiger partial charge in [-0.15, -0.1) is 0 Å². The van der Waals surface area contributed by atoms with Gasteiger partial charge in [0.1, 0.15) is 5.75 Å². The molecule has 0 saturated heterocycles. The molecular formula is C13H9NO. The molecule has 0 amide bonds. The minimum atomic E-state index is 0.134. The molecule has 2 heteroatoms. The summed E-state index contributed by atoms with van der Waals surface area (Å²) in [5.74, 6) is 6.05. The van der Waals surface area contributed by atoms with Gasteiger partial charge in [0.2, 0.25) is 0 Å². The molecule has 0 spiro atoms. The lowest BCUT2D eigenvalue weighted by Crippen LogP contribution is -1.77. The van der Waals surface area contributed by atoms with E-state index in [-0.39, 0.29) is 5.75 Å². The van der Waals surface area contributed by atoms with Gasteiger partial charge < -0.3 is 5.11 Å². The van der Waals surface area contributed by atoms with Gasteiger partial charge in [-0.25, -0.2) is 0 Å². The fourth-order valence-corrected chi connectivity index (χ4v) is 1.16. The average molecular weight is 195 g/mol. The van der Waals surface area contributed by atoms with Crippen LogP contribution in [0.25, 0.3) is 0 Å². The van der Waals surface area contributed by atoms with E-state index in [2.05, 4.69) is 16.8 Å². The van der Waals surface area contributed by atoms with Crippen LogP contribution in [0.1, 0.15) is 11.1 Å². The van der Waals surface area contributed by atoms with Crippen LogP contribution in [0, 0.1) is 11.8 Å². The highest BCUT2D eigenvalue weighted by Gasteiger charge is 1.89. The van der Waals surface area contributed by atoms with Gasteiger partial charge in [-0.1, -0.05) is 30.0 Å². The molecule has 1 N–H and O–H groups in total. The third kappa shape index (κ3) is 2.58. The zero-order chi connectivity index (χ0) is 10.5. The lowest BCUT2D eigenvalue weighted by Gasteiger charge is -1.91. The van der Waals surface area contributed by atoms with Crippen LogP contribution < -0.4 is 0 Å². The Bertz CT molecular complexity index is 509. The first kappa shape index (κ1) is 9.29. The quantitative estimate of drug-likeness (QED) is 0.653. The van der Waals surface area contributed by atoms with Crippen molar-refractivity contribution < 1.29 is 5.11 Å². The van der Waals surface area contributed by atoms with Crippen molar-refractivity contribution in [3.05, 3.63) is 59.9 Å². The van der Waals surface area contributed by atoms with Gasteiger partial charge in [0.25, 0.3) is 0 Å². The molecule has 1 aromatic heterocycles. The molecule has 2 nitrogen and oxygen atoms in total. The predicted molar refractivity (Wildman–Crippen MR) is 58.3 cm³/mol. The van der Waals surface area contributed by atoms with Crippen LogP contribution in [0.4, 0.5) is 0 Å². The van der Waals surface area contributed by atoms with Gasteiger partial charge in [0.15, 0.2) is 0 Å². The molecular weight excluding hydrogens is 186 g/mol. The molecule has 15 heavy (non-hydrogen) atoms. The van der Waals surface area contributed by atoms with E-state index >= 15 is 0 Å². The van der Waals surface area contributed by atoms with Gasteiger partial charge in [0.05, 0.1) is 6.20 Å². The Balaban J connectivity index is 2.26. The van der Waals surface area contributed by atoms with Crippen LogP contribution in [-0.4, -0.2) is 10.1 Å². The minimum absolute atomic E-state index is 0.134. The second-order valence-corrected chi connectivity index (χ2v) is 3.05. The van der Waals surface area contributed by atoms with Crippen molar-refractivity contribution >= 4 is 0 Å². The van der Waals surface area contributed by atoms with Gasteiger partial charge in [-0.3, -0.25) is 4.98 Å². The molecule has 0 atom stereocenters. The number of nitrogens with zero attached hydrogens (tertiary/aromatic N) is 1. The van der Waals surface area contributed by atoms with Crippen LogP contribution in [0.3, 0.4) is 0 Å². The van der Waals surface area contributed by atoms with E-state index < -0.39 is 0 Å². The Morgan fingerprint density at radius 3 is 2.40 bits per heavy atom. The van der Waals surface area contributed by atoms with E-state index in [9.17, 15) is 5.11 Å². The maximum absolute atomic E-state index is 9.18. The smallest absolute Gasteiger partial charge is 0.135 e. The first-order valence-electron chi connectivity index (χ1n) is 4.56. The maximum Gasteiger partial charge on any atom is 0.135 e. The van der Waals surface area contributed by atoms with Crippen molar-refractivity contribution in [2.75, 3.05) is 0 Å². The minimum Gasteiger partial charge on any atom is -0.506 e. The Morgan fingerprint density at radius 1 is 0.933 bits per heavy atom. The normalized spacial score (nSPS) is 9.07. The van der Waals surface area contributed by atoms with E-state index in [4.69, 9.17) is 0 Å². The van der Waals surface area contributed by atoms with Crippen molar-refractivity contribution in [3.8, 4) is 17.6 Å². The summed E-state index contributed by atoms with van der Waals surface area (Å²) in [6, 6.07) is 11.3. The van der Waals surface area contributed by atoms with Crippen LogP contribution in [0.5, 0.6) is 5.75 Å². The second kappa shape index (κ2) is 4.30. The number of rotatable bonds is 0. The van der Waals surface area contributed by atoms with Crippen molar-refractivity contribution in [2.45, 2.75) is 0 Å². The van der Waals surface area contributed by atoms with Gasteiger partial charge in [-0.2, -0.15) is 0 Å².